The molecule has 1 amide bonds. The molecule has 7 heteroatoms. The second kappa shape index (κ2) is 7.72. The number of carbonyl (C=O) groups excluding carboxylic acids is 1. The van der Waals surface area contributed by atoms with E-state index in [1.165, 1.54) is 4.90 Å². The highest BCUT2D eigenvalue weighted by molar-refractivity contribution is 9.10. The maximum Gasteiger partial charge on any atom is 0.262 e. The van der Waals surface area contributed by atoms with Gasteiger partial charge in [0.05, 0.1) is 17.1 Å². The zero-order valence-corrected chi connectivity index (χ0v) is 16.0. The maximum atomic E-state index is 13.3. The van der Waals surface area contributed by atoms with Crippen LogP contribution in [0.2, 0.25) is 0 Å². The van der Waals surface area contributed by atoms with E-state index in [4.69, 9.17) is 5.73 Å². The van der Waals surface area contributed by atoms with Gasteiger partial charge in [-0.25, -0.2) is 4.39 Å². The number of likely N-dealkylation sites (tertiary alicyclic amines) is 1. The van der Waals surface area contributed by atoms with E-state index in [9.17, 15) is 14.0 Å². The van der Waals surface area contributed by atoms with E-state index in [1.807, 2.05) is 31.2 Å². The Bertz CT molecular complexity index is 853. The van der Waals surface area contributed by atoms with Crippen molar-refractivity contribution in [3.8, 4) is 11.1 Å². The third kappa shape index (κ3) is 3.88. The number of carbonyl (C=O) groups is 1. The normalized spacial score (nSPS) is 19.4. The fraction of sp³-hybridized carbons (Fsp3) is 0.368. The number of hydrogen-bond acceptors (Lipinski definition) is 3. The number of amides is 1. The number of benzene rings is 1. The van der Waals surface area contributed by atoms with Crippen molar-refractivity contribution in [2.45, 2.75) is 31.5 Å². The standard InChI is InChI=1S/C19H21BrFN3O2/c1-11(17(22)19(26)24-7-6-15(21)10-24)12-2-4-13(5-3-12)14-8-16(20)18(25)23-9-14/h2-5,8-9,11,15,17H,6-7,10,22H2,1H3,(H,23,25)/t11-,15-,17-/m0/s1. The lowest BCUT2D eigenvalue weighted by atomic mass is 9.91. The minimum absolute atomic E-state index is 0.138. The van der Waals surface area contributed by atoms with Gasteiger partial charge in [0.25, 0.3) is 5.56 Å². The smallest absolute Gasteiger partial charge is 0.262 e. The highest BCUT2D eigenvalue weighted by Gasteiger charge is 2.32. The minimum Gasteiger partial charge on any atom is -0.338 e. The lowest BCUT2D eigenvalue weighted by molar-refractivity contribution is -0.132. The number of aromatic nitrogens is 1. The Morgan fingerprint density at radius 2 is 2.04 bits per heavy atom. The third-order valence-corrected chi connectivity index (χ3v) is 5.48. The Kier molecular flexibility index (Phi) is 5.58. The topological polar surface area (TPSA) is 79.2 Å². The SMILES string of the molecule is C[C@@H](c1ccc(-c2c[nH]c(=O)c(Br)c2)cc1)[C@H](N)C(=O)N1CC[C@H](F)C1. The Balaban J connectivity index is 1.73. The summed E-state index contributed by atoms with van der Waals surface area (Å²) in [4.78, 5) is 28.1. The zero-order chi connectivity index (χ0) is 18.8. The first-order valence-corrected chi connectivity index (χ1v) is 9.33. The summed E-state index contributed by atoms with van der Waals surface area (Å²) < 4.78 is 13.8. The fourth-order valence-electron chi connectivity index (χ4n) is 3.15. The Hall–Kier alpha value is -1.99. The third-order valence-electron chi connectivity index (χ3n) is 4.89. The summed E-state index contributed by atoms with van der Waals surface area (Å²) in [6, 6.07) is 8.76. The molecule has 5 nitrogen and oxygen atoms in total. The molecule has 0 spiro atoms. The van der Waals surface area contributed by atoms with Gasteiger partial charge in [-0.05, 0) is 45.1 Å². The number of halogens is 2. The molecule has 2 aromatic rings. The van der Waals surface area contributed by atoms with E-state index in [-0.39, 0.29) is 23.9 Å². The molecular weight excluding hydrogens is 401 g/mol. The van der Waals surface area contributed by atoms with Crippen molar-refractivity contribution < 1.29 is 9.18 Å². The summed E-state index contributed by atoms with van der Waals surface area (Å²) in [5.74, 6) is -0.385. The van der Waals surface area contributed by atoms with Gasteiger partial charge in [0, 0.05) is 18.7 Å². The predicted octanol–water partition coefficient (Wildman–Crippen LogP) is 2.81. The quantitative estimate of drug-likeness (QED) is 0.796. The maximum absolute atomic E-state index is 13.3. The van der Waals surface area contributed by atoms with Gasteiger partial charge in [0.2, 0.25) is 5.91 Å². The van der Waals surface area contributed by atoms with Gasteiger partial charge in [0.15, 0.2) is 0 Å². The second-order valence-corrected chi connectivity index (χ2v) is 7.53. The summed E-state index contributed by atoms with van der Waals surface area (Å²) >= 11 is 3.22. The van der Waals surface area contributed by atoms with Crippen molar-refractivity contribution in [1.82, 2.24) is 9.88 Å². The molecule has 1 fully saturated rings. The van der Waals surface area contributed by atoms with Crippen LogP contribution in [-0.2, 0) is 4.79 Å². The van der Waals surface area contributed by atoms with E-state index >= 15 is 0 Å². The van der Waals surface area contributed by atoms with E-state index < -0.39 is 12.2 Å². The molecule has 1 aromatic heterocycles. The van der Waals surface area contributed by atoms with Crippen LogP contribution in [0.1, 0.15) is 24.8 Å². The van der Waals surface area contributed by atoms with E-state index in [0.29, 0.717) is 17.4 Å². The van der Waals surface area contributed by atoms with E-state index in [2.05, 4.69) is 20.9 Å². The number of H-pyrrole nitrogens is 1. The first-order valence-electron chi connectivity index (χ1n) is 8.54. The van der Waals surface area contributed by atoms with Gasteiger partial charge < -0.3 is 15.6 Å². The van der Waals surface area contributed by atoms with E-state index in [0.717, 1.165) is 16.7 Å². The Labute approximate surface area is 159 Å². The zero-order valence-electron chi connectivity index (χ0n) is 14.4. The molecular formula is C19H21BrFN3O2. The van der Waals surface area contributed by atoms with Crippen molar-refractivity contribution >= 4 is 21.8 Å². The van der Waals surface area contributed by atoms with Crippen LogP contribution in [0.4, 0.5) is 4.39 Å². The lowest BCUT2D eigenvalue weighted by Gasteiger charge is -2.25. The average molecular weight is 422 g/mol. The van der Waals surface area contributed by atoms with Crippen molar-refractivity contribution in [3.63, 3.8) is 0 Å². The molecule has 3 rings (SSSR count). The molecule has 1 aromatic carbocycles. The summed E-state index contributed by atoms with van der Waals surface area (Å²) in [5.41, 5.74) is 8.72. The molecule has 0 unspecified atom stereocenters. The highest BCUT2D eigenvalue weighted by atomic mass is 79.9. The summed E-state index contributed by atoms with van der Waals surface area (Å²) in [6.45, 7) is 2.47. The highest BCUT2D eigenvalue weighted by Crippen LogP contribution is 2.26. The monoisotopic (exact) mass is 421 g/mol. The van der Waals surface area contributed by atoms with Gasteiger partial charge in [-0.1, -0.05) is 31.2 Å². The van der Waals surface area contributed by atoms with Crippen LogP contribution in [0, 0.1) is 0 Å². The fourth-order valence-corrected chi connectivity index (χ4v) is 3.51. The first-order chi connectivity index (χ1) is 12.4. The molecule has 3 atom stereocenters. The van der Waals surface area contributed by atoms with Crippen LogP contribution in [0.5, 0.6) is 0 Å². The largest absolute Gasteiger partial charge is 0.338 e. The number of alkyl halides is 1. The second-order valence-electron chi connectivity index (χ2n) is 6.67. The van der Waals surface area contributed by atoms with Gasteiger partial charge >= 0.3 is 0 Å². The number of hydrogen-bond donors (Lipinski definition) is 2. The van der Waals surface area contributed by atoms with Crippen molar-refractivity contribution in [2.24, 2.45) is 5.73 Å². The van der Waals surface area contributed by atoms with Gasteiger partial charge in [-0.15, -0.1) is 0 Å². The number of aromatic amines is 1. The molecule has 0 saturated carbocycles. The molecule has 1 aliphatic heterocycles. The number of nitrogens with one attached hydrogen (secondary N) is 1. The first kappa shape index (κ1) is 18.8. The van der Waals surface area contributed by atoms with Gasteiger partial charge in [0.1, 0.15) is 6.17 Å². The molecule has 0 radical (unpaired) electrons. The molecule has 26 heavy (non-hydrogen) atoms. The molecule has 1 aliphatic rings. The summed E-state index contributed by atoms with van der Waals surface area (Å²) in [7, 11) is 0. The number of nitrogens with two attached hydrogens (primary N) is 1. The van der Waals surface area contributed by atoms with Crippen LogP contribution in [0.3, 0.4) is 0 Å². The van der Waals surface area contributed by atoms with Crippen molar-refractivity contribution in [1.29, 1.82) is 0 Å². The molecule has 1 saturated heterocycles. The molecule has 138 valence electrons. The predicted molar refractivity (Wildman–Crippen MR) is 103 cm³/mol. The Morgan fingerprint density at radius 1 is 1.35 bits per heavy atom. The van der Waals surface area contributed by atoms with Crippen LogP contribution in [-0.4, -0.2) is 41.1 Å². The molecule has 3 N–H and O–H groups in total. The molecule has 0 bridgehead atoms. The number of rotatable bonds is 4. The van der Waals surface area contributed by atoms with Crippen LogP contribution >= 0.6 is 15.9 Å². The number of nitrogens with zero attached hydrogens (tertiary/aromatic N) is 1. The van der Waals surface area contributed by atoms with Gasteiger partial charge in [-0.2, -0.15) is 0 Å². The lowest BCUT2D eigenvalue weighted by Crippen LogP contribution is -2.45. The Morgan fingerprint density at radius 3 is 2.62 bits per heavy atom. The average Bonchev–Trinajstić information content (AvgIpc) is 3.08. The van der Waals surface area contributed by atoms with Crippen molar-refractivity contribution in [3.05, 3.63) is 56.9 Å². The van der Waals surface area contributed by atoms with Crippen molar-refractivity contribution in [2.75, 3.05) is 13.1 Å². The van der Waals surface area contributed by atoms with Crippen LogP contribution in [0.25, 0.3) is 11.1 Å². The van der Waals surface area contributed by atoms with Crippen LogP contribution < -0.4 is 11.3 Å². The summed E-state index contributed by atoms with van der Waals surface area (Å²) in [5, 5.41) is 0. The summed E-state index contributed by atoms with van der Waals surface area (Å²) in [6.07, 6.45) is 1.09. The van der Waals surface area contributed by atoms with E-state index in [1.54, 1.807) is 12.3 Å². The number of pyridine rings is 1. The minimum atomic E-state index is -0.947. The molecule has 0 aliphatic carbocycles. The van der Waals surface area contributed by atoms with Crippen LogP contribution in [0.15, 0.2) is 45.8 Å². The van der Waals surface area contributed by atoms with Gasteiger partial charge in [-0.3, -0.25) is 9.59 Å². The molecule has 2 heterocycles.